The monoisotopic (exact) mass is 382 g/mol. The number of hydrazine groups is 1. The molecule has 3 N–H and O–H groups in total. The van der Waals surface area contributed by atoms with Crippen molar-refractivity contribution in [1.29, 1.82) is 0 Å². The molecule has 3 aromatic rings. The van der Waals surface area contributed by atoms with Crippen molar-refractivity contribution in [2.24, 2.45) is 0 Å². The molecule has 3 rings (SSSR count). The third kappa shape index (κ3) is 3.90. The van der Waals surface area contributed by atoms with Crippen LogP contribution in [0.2, 0.25) is 0 Å². The van der Waals surface area contributed by atoms with E-state index in [9.17, 15) is 19.7 Å². The van der Waals surface area contributed by atoms with Crippen molar-refractivity contribution in [3.63, 3.8) is 0 Å². The zero-order valence-electron chi connectivity index (χ0n) is 15.2. The summed E-state index contributed by atoms with van der Waals surface area (Å²) in [6.45, 7) is 4.69. The van der Waals surface area contributed by atoms with Crippen molar-refractivity contribution in [1.82, 2.24) is 20.4 Å². The number of nitro benzene ring substituents is 1. The number of carbonyl (C=O) groups is 2. The second kappa shape index (κ2) is 7.74. The van der Waals surface area contributed by atoms with E-state index in [-0.39, 0.29) is 5.69 Å². The van der Waals surface area contributed by atoms with E-state index in [1.807, 2.05) is 24.5 Å². The quantitative estimate of drug-likeness (QED) is 0.472. The largest absolute Gasteiger partial charge is 0.337 e. The summed E-state index contributed by atoms with van der Waals surface area (Å²) in [7, 11) is 0. The lowest BCUT2D eigenvalue weighted by Gasteiger charge is -2.09. The van der Waals surface area contributed by atoms with E-state index in [0.29, 0.717) is 16.8 Å². The van der Waals surface area contributed by atoms with Crippen LogP contribution in [0, 0.1) is 17.0 Å². The number of fused-ring (bicyclic) bond motifs is 1. The number of carbonyl (C=O) groups excluding carboxylic acids is 2. The summed E-state index contributed by atoms with van der Waals surface area (Å²) in [5.41, 5.74) is 6.78. The molecule has 1 aromatic heterocycles. The predicted molar refractivity (Wildman–Crippen MR) is 103 cm³/mol. The highest BCUT2D eigenvalue weighted by Gasteiger charge is 2.12. The van der Waals surface area contributed by atoms with Crippen molar-refractivity contribution < 1.29 is 14.5 Å². The van der Waals surface area contributed by atoms with Gasteiger partial charge in [0.05, 0.1) is 16.0 Å². The first-order valence-electron chi connectivity index (χ1n) is 8.47. The first-order chi connectivity index (χ1) is 13.4. The first-order valence-corrected chi connectivity index (χ1v) is 8.47. The molecule has 10 heteroatoms. The van der Waals surface area contributed by atoms with Crippen molar-refractivity contribution >= 4 is 34.3 Å². The van der Waals surface area contributed by atoms with Gasteiger partial charge in [0, 0.05) is 29.9 Å². The fourth-order valence-corrected chi connectivity index (χ4v) is 2.81. The Kier molecular flexibility index (Phi) is 5.21. The molecule has 0 aliphatic heterocycles. The molecular formula is C18H18N6O4. The van der Waals surface area contributed by atoms with Gasteiger partial charge in [-0.05, 0) is 44.2 Å². The Hall–Kier alpha value is -3.95. The minimum atomic E-state index is -0.686. The molecule has 1 heterocycles. The van der Waals surface area contributed by atoms with Crippen LogP contribution in [0.5, 0.6) is 0 Å². The van der Waals surface area contributed by atoms with Gasteiger partial charge in [0.25, 0.3) is 11.6 Å². The number of rotatable bonds is 4. The summed E-state index contributed by atoms with van der Waals surface area (Å²) in [6.07, 6.45) is 0. The number of amides is 3. The fourth-order valence-electron chi connectivity index (χ4n) is 2.81. The molecule has 0 unspecified atom stereocenters. The Bertz CT molecular complexity index is 1060. The van der Waals surface area contributed by atoms with Gasteiger partial charge in [-0.15, -0.1) is 0 Å². The second-order valence-electron chi connectivity index (χ2n) is 5.94. The molecule has 0 aliphatic carbocycles. The summed E-state index contributed by atoms with van der Waals surface area (Å²) in [5.74, 6) is 0.361. The van der Waals surface area contributed by atoms with Crippen molar-refractivity contribution in [3.8, 4) is 0 Å². The average molecular weight is 382 g/mol. The number of benzene rings is 2. The lowest BCUT2D eigenvalue weighted by molar-refractivity contribution is -0.384. The van der Waals surface area contributed by atoms with Gasteiger partial charge in [-0.3, -0.25) is 20.3 Å². The molecule has 0 aliphatic rings. The highest BCUT2D eigenvalue weighted by atomic mass is 16.6. The number of nitrogens with zero attached hydrogens (tertiary/aromatic N) is 3. The third-order valence-electron chi connectivity index (χ3n) is 4.14. The van der Waals surface area contributed by atoms with Crippen LogP contribution in [0.1, 0.15) is 23.1 Å². The van der Waals surface area contributed by atoms with Crippen molar-refractivity contribution in [3.05, 3.63) is 64.0 Å². The molecule has 10 nitrogen and oxygen atoms in total. The Morgan fingerprint density at radius 1 is 1.14 bits per heavy atom. The molecular weight excluding hydrogens is 364 g/mol. The molecule has 2 aromatic carbocycles. The van der Waals surface area contributed by atoms with Gasteiger partial charge < -0.3 is 9.88 Å². The van der Waals surface area contributed by atoms with Crippen LogP contribution >= 0.6 is 0 Å². The van der Waals surface area contributed by atoms with Gasteiger partial charge in [0.2, 0.25) is 0 Å². The third-order valence-corrected chi connectivity index (χ3v) is 4.14. The predicted octanol–water partition coefficient (Wildman–Crippen LogP) is 2.74. The SMILES string of the molecule is CCn1c(C)nc2cc(C(=O)NNC(=O)Nc3ccc([N+](=O)[O-])cc3)ccc21. The number of aromatic nitrogens is 2. The summed E-state index contributed by atoms with van der Waals surface area (Å²) in [4.78, 5) is 38.7. The van der Waals surface area contributed by atoms with Gasteiger partial charge >= 0.3 is 6.03 Å². The summed E-state index contributed by atoms with van der Waals surface area (Å²) in [5, 5.41) is 13.1. The topological polar surface area (TPSA) is 131 Å². The number of nitro groups is 1. The minimum absolute atomic E-state index is 0.0876. The normalized spacial score (nSPS) is 10.5. The standard InChI is InChI=1S/C18H18N6O4/c1-3-23-11(2)19-15-10-12(4-9-16(15)23)17(25)21-22-18(26)20-13-5-7-14(8-6-13)24(27)28/h4-10H,3H2,1-2H3,(H,21,25)(H2,20,22,26). The smallest absolute Gasteiger partial charge is 0.329 e. The van der Waals surface area contributed by atoms with Crippen LogP contribution in [0.4, 0.5) is 16.2 Å². The van der Waals surface area contributed by atoms with Crippen molar-refractivity contribution in [2.75, 3.05) is 5.32 Å². The van der Waals surface area contributed by atoms with Crippen LogP contribution in [0.25, 0.3) is 11.0 Å². The summed E-state index contributed by atoms with van der Waals surface area (Å²) < 4.78 is 2.03. The second-order valence-corrected chi connectivity index (χ2v) is 5.94. The van der Waals surface area contributed by atoms with Gasteiger partial charge in [-0.1, -0.05) is 0 Å². The molecule has 28 heavy (non-hydrogen) atoms. The molecule has 0 fully saturated rings. The molecule has 0 bridgehead atoms. The molecule has 0 saturated carbocycles. The van der Waals surface area contributed by atoms with Gasteiger partial charge in [-0.2, -0.15) is 0 Å². The summed E-state index contributed by atoms with van der Waals surface area (Å²) >= 11 is 0. The molecule has 0 saturated heterocycles. The molecule has 144 valence electrons. The Morgan fingerprint density at radius 2 is 1.86 bits per heavy atom. The maximum atomic E-state index is 12.3. The van der Waals surface area contributed by atoms with Crippen LogP contribution in [0.15, 0.2) is 42.5 Å². The number of nitrogens with one attached hydrogen (secondary N) is 3. The number of hydrogen-bond acceptors (Lipinski definition) is 5. The van der Waals surface area contributed by atoms with Gasteiger partial charge in [-0.25, -0.2) is 15.2 Å². The van der Waals surface area contributed by atoms with E-state index in [4.69, 9.17) is 0 Å². The van der Waals surface area contributed by atoms with E-state index in [1.54, 1.807) is 12.1 Å². The molecule has 0 radical (unpaired) electrons. The highest BCUT2D eigenvalue weighted by molar-refractivity contribution is 5.99. The van der Waals surface area contributed by atoms with E-state index in [0.717, 1.165) is 17.9 Å². The average Bonchev–Trinajstić information content (AvgIpc) is 3.00. The molecule has 0 spiro atoms. The van der Waals surface area contributed by atoms with Crippen LogP contribution in [0.3, 0.4) is 0 Å². The first kappa shape index (κ1) is 18.8. The zero-order chi connectivity index (χ0) is 20.3. The van der Waals surface area contributed by atoms with Crippen LogP contribution < -0.4 is 16.2 Å². The van der Waals surface area contributed by atoms with Gasteiger partial charge in [0.15, 0.2) is 0 Å². The lowest BCUT2D eigenvalue weighted by atomic mass is 10.2. The molecule has 0 atom stereocenters. The van der Waals surface area contributed by atoms with E-state index in [2.05, 4.69) is 21.2 Å². The Morgan fingerprint density at radius 3 is 2.50 bits per heavy atom. The Labute approximate surface area is 159 Å². The van der Waals surface area contributed by atoms with E-state index < -0.39 is 16.9 Å². The van der Waals surface area contributed by atoms with Gasteiger partial charge in [0.1, 0.15) is 5.82 Å². The minimum Gasteiger partial charge on any atom is -0.329 e. The molecule has 3 amide bonds. The highest BCUT2D eigenvalue weighted by Crippen LogP contribution is 2.18. The maximum Gasteiger partial charge on any atom is 0.337 e. The number of hydrogen-bond donors (Lipinski definition) is 3. The maximum absolute atomic E-state index is 12.3. The lowest BCUT2D eigenvalue weighted by Crippen LogP contribution is -2.43. The number of anilines is 1. The van der Waals surface area contributed by atoms with Crippen LogP contribution in [-0.2, 0) is 6.54 Å². The fraction of sp³-hybridized carbons (Fsp3) is 0.167. The van der Waals surface area contributed by atoms with Crippen molar-refractivity contribution in [2.45, 2.75) is 20.4 Å². The number of non-ortho nitro benzene ring substituents is 1. The Balaban J connectivity index is 1.61. The number of urea groups is 1. The number of imidazole rings is 1. The van der Waals surface area contributed by atoms with Crippen LogP contribution in [-0.4, -0.2) is 26.4 Å². The number of aryl methyl sites for hydroxylation is 2. The summed E-state index contributed by atoms with van der Waals surface area (Å²) in [6, 6.07) is 9.74. The zero-order valence-corrected chi connectivity index (χ0v) is 15.2. The van der Waals surface area contributed by atoms with E-state index in [1.165, 1.54) is 24.3 Å². The van der Waals surface area contributed by atoms with E-state index >= 15 is 0 Å².